The number of imidazole rings is 1. The fraction of sp³-hybridized carbons (Fsp3) is 0.500. The van der Waals surface area contributed by atoms with Crippen molar-refractivity contribution in [2.75, 3.05) is 6.54 Å². The Morgan fingerprint density at radius 2 is 2.42 bits per heavy atom. The summed E-state index contributed by atoms with van der Waals surface area (Å²) >= 11 is 3.89. The number of rotatable bonds is 4. The fourth-order valence-electron chi connectivity index (χ4n) is 2.54. The van der Waals surface area contributed by atoms with Crippen molar-refractivity contribution in [3.8, 4) is 0 Å². The first-order chi connectivity index (χ1) is 9.24. The van der Waals surface area contributed by atoms with Crippen molar-refractivity contribution < 1.29 is 0 Å². The molecule has 0 aliphatic carbocycles. The van der Waals surface area contributed by atoms with Crippen molar-refractivity contribution >= 4 is 23.1 Å². The number of thioether (sulfide) groups is 1. The number of hydrogen-bond donors (Lipinski definition) is 1. The lowest BCUT2D eigenvalue weighted by molar-refractivity contribution is 0.487. The standard InChI is InChI=1S/C14H19N3S2/c1-10-9-12(11-4-8-18-14(11)19-10)15-5-3-13-16-6-7-17(13)2/h4,6-8,10,12,15H,3,5,9H2,1-2H3/t10-,12?/m0/s1. The molecule has 2 aromatic rings. The third kappa shape index (κ3) is 2.88. The highest BCUT2D eigenvalue weighted by molar-refractivity contribution is 8.01. The van der Waals surface area contributed by atoms with Crippen molar-refractivity contribution in [3.05, 3.63) is 35.2 Å². The molecule has 3 heterocycles. The maximum atomic E-state index is 4.37. The molecular weight excluding hydrogens is 274 g/mol. The van der Waals surface area contributed by atoms with Crippen LogP contribution in [0.25, 0.3) is 0 Å². The van der Waals surface area contributed by atoms with E-state index in [1.807, 2.05) is 35.5 Å². The third-order valence-electron chi connectivity index (χ3n) is 3.57. The summed E-state index contributed by atoms with van der Waals surface area (Å²) in [5.41, 5.74) is 1.49. The molecule has 3 nitrogen and oxygen atoms in total. The molecule has 0 saturated heterocycles. The van der Waals surface area contributed by atoms with E-state index in [-0.39, 0.29) is 0 Å². The molecule has 0 saturated carbocycles. The molecule has 0 radical (unpaired) electrons. The predicted molar refractivity (Wildman–Crippen MR) is 81.9 cm³/mol. The highest BCUT2D eigenvalue weighted by Gasteiger charge is 2.25. The second-order valence-electron chi connectivity index (χ2n) is 5.04. The Morgan fingerprint density at radius 1 is 1.53 bits per heavy atom. The van der Waals surface area contributed by atoms with Crippen LogP contribution in [0.4, 0.5) is 0 Å². The van der Waals surface area contributed by atoms with Crippen molar-refractivity contribution in [1.82, 2.24) is 14.9 Å². The summed E-state index contributed by atoms with van der Waals surface area (Å²) < 4.78 is 3.59. The topological polar surface area (TPSA) is 29.9 Å². The largest absolute Gasteiger partial charge is 0.338 e. The Hall–Kier alpha value is -0.780. The van der Waals surface area contributed by atoms with Crippen LogP contribution in [0.15, 0.2) is 28.0 Å². The van der Waals surface area contributed by atoms with Crippen LogP contribution in [0.2, 0.25) is 0 Å². The number of hydrogen-bond acceptors (Lipinski definition) is 4. The summed E-state index contributed by atoms with van der Waals surface area (Å²) in [5.74, 6) is 1.15. The molecule has 5 heteroatoms. The molecule has 0 aromatic carbocycles. The van der Waals surface area contributed by atoms with Crippen LogP contribution in [-0.2, 0) is 13.5 Å². The normalized spacial score (nSPS) is 22.4. The van der Waals surface area contributed by atoms with Crippen molar-refractivity contribution in [1.29, 1.82) is 0 Å². The molecule has 2 atom stereocenters. The summed E-state index contributed by atoms with van der Waals surface area (Å²) in [4.78, 5) is 4.37. The van der Waals surface area contributed by atoms with E-state index in [9.17, 15) is 0 Å². The van der Waals surface area contributed by atoms with E-state index >= 15 is 0 Å². The molecule has 0 fully saturated rings. The molecule has 19 heavy (non-hydrogen) atoms. The van der Waals surface area contributed by atoms with Crippen molar-refractivity contribution in [3.63, 3.8) is 0 Å². The van der Waals surface area contributed by atoms with Crippen LogP contribution in [0.5, 0.6) is 0 Å². The summed E-state index contributed by atoms with van der Waals surface area (Å²) in [6.45, 7) is 3.31. The zero-order chi connectivity index (χ0) is 13.2. The lowest BCUT2D eigenvalue weighted by atomic mass is 10.0. The van der Waals surface area contributed by atoms with E-state index in [4.69, 9.17) is 0 Å². The highest BCUT2D eigenvalue weighted by Crippen LogP contribution is 2.43. The van der Waals surface area contributed by atoms with Crippen molar-refractivity contribution in [2.45, 2.75) is 35.3 Å². The molecule has 3 rings (SSSR count). The lowest BCUT2D eigenvalue weighted by Crippen LogP contribution is -2.28. The molecule has 0 bridgehead atoms. The summed E-state index contributed by atoms with van der Waals surface area (Å²) in [7, 11) is 2.05. The predicted octanol–water partition coefficient (Wildman–Crippen LogP) is 3.24. The van der Waals surface area contributed by atoms with Crippen LogP contribution in [0.1, 0.15) is 30.8 Å². The Labute approximate surface area is 122 Å². The number of fused-ring (bicyclic) bond motifs is 1. The Morgan fingerprint density at radius 3 is 3.21 bits per heavy atom. The maximum Gasteiger partial charge on any atom is 0.109 e. The molecule has 1 N–H and O–H groups in total. The van der Waals surface area contributed by atoms with Gasteiger partial charge in [-0.05, 0) is 23.4 Å². The van der Waals surface area contributed by atoms with Gasteiger partial charge >= 0.3 is 0 Å². The quantitative estimate of drug-likeness (QED) is 0.938. The highest BCUT2D eigenvalue weighted by atomic mass is 32.2. The molecule has 2 aromatic heterocycles. The molecule has 0 amide bonds. The Balaban J connectivity index is 1.60. The van der Waals surface area contributed by atoms with Gasteiger partial charge in [-0.1, -0.05) is 6.92 Å². The van der Waals surface area contributed by atoms with Gasteiger partial charge in [-0.3, -0.25) is 0 Å². The van der Waals surface area contributed by atoms with Crippen LogP contribution in [0, 0.1) is 0 Å². The second-order valence-corrected chi connectivity index (χ2v) is 7.66. The molecular formula is C14H19N3S2. The fourth-order valence-corrected chi connectivity index (χ4v) is 5.10. The van der Waals surface area contributed by atoms with Gasteiger partial charge in [0.2, 0.25) is 0 Å². The Kier molecular flexibility index (Phi) is 3.96. The number of nitrogens with one attached hydrogen (secondary N) is 1. The van der Waals surface area contributed by atoms with E-state index in [1.54, 1.807) is 0 Å². The number of nitrogens with zero attached hydrogens (tertiary/aromatic N) is 2. The average Bonchev–Trinajstić information content (AvgIpc) is 2.98. The van der Waals surface area contributed by atoms with Gasteiger partial charge in [0.15, 0.2) is 0 Å². The minimum Gasteiger partial charge on any atom is -0.338 e. The minimum absolute atomic E-state index is 0.512. The maximum absolute atomic E-state index is 4.37. The van der Waals surface area contributed by atoms with Gasteiger partial charge in [0.05, 0.1) is 4.21 Å². The van der Waals surface area contributed by atoms with Gasteiger partial charge in [-0.25, -0.2) is 4.98 Å². The van der Waals surface area contributed by atoms with Gasteiger partial charge in [0.25, 0.3) is 0 Å². The Bertz CT molecular complexity index is 546. The molecule has 1 aliphatic heterocycles. The average molecular weight is 293 g/mol. The smallest absolute Gasteiger partial charge is 0.109 e. The van der Waals surface area contributed by atoms with E-state index in [2.05, 4.69) is 40.3 Å². The van der Waals surface area contributed by atoms with Crippen molar-refractivity contribution in [2.24, 2.45) is 7.05 Å². The van der Waals surface area contributed by atoms with Gasteiger partial charge in [0.1, 0.15) is 5.82 Å². The number of aromatic nitrogens is 2. The van der Waals surface area contributed by atoms with Gasteiger partial charge in [-0.15, -0.1) is 23.1 Å². The molecule has 1 unspecified atom stereocenters. The van der Waals surface area contributed by atoms with Crippen LogP contribution < -0.4 is 5.32 Å². The first kappa shape index (κ1) is 13.2. The van der Waals surface area contributed by atoms with Crippen LogP contribution >= 0.6 is 23.1 Å². The van der Waals surface area contributed by atoms with E-state index < -0.39 is 0 Å². The number of aryl methyl sites for hydroxylation is 1. The minimum atomic E-state index is 0.512. The summed E-state index contributed by atoms with van der Waals surface area (Å²) in [6.07, 6.45) is 6.08. The van der Waals surface area contributed by atoms with Crippen LogP contribution in [0.3, 0.4) is 0 Å². The van der Waals surface area contributed by atoms with Gasteiger partial charge in [0, 0.05) is 43.7 Å². The second kappa shape index (κ2) is 5.69. The zero-order valence-corrected chi connectivity index (χ0v) is 12.9. The first-order valence-electron chi connectivity index (χ1n) is 6.67. The molecule has 102 valence electrons. The zero-order valence-electron chi connectivity index (χ0n) is 11.3. The van der Waals surface area contributed by atoms with Gasteiger partial charge < -0.3 is 9.88 Å². The van der Waals surface area contributed by atoms with Gasteiger partial charge in [-0.2, -0.15) is 0 Å². The SMILES string of the molecule is C[C@H]1CC(NCCc2nccn2C)c2ccsc2S1. The first-order valence-corrected chi connectivity index (χ1v) is 8.43. The van der Waals surface area contributed by atoms with E-state index in [0.29, 0.717) is 11.3 Å². The van der Waals surface area contributed by atoms with Crippen LogP contribution in [-0.4, -0.2) is 21.3 Å². The molecule has 1 aliphatic rings. The lowest BCUT2D eigenvalue weighted by Gasteiger charge is -2.27. The number of thiophene rings is 1. The monoisotopic (exact) mass is 293 g/mol. The summed E-state index contributed by atoms with van der Waals surface area (Å²) in [6, 6.07) is 2.79. The third-order valence-corrected chi connectivity index (χ3v) is 5.91. The van der Waals surface area contributed by atoms with E-state index in [0.717, 1.165) is 18.8 Å². The molecule has 0 spiro atoms. The van der Waals surface area contributed by atoms with E-state index in [1.165, 1.54) is 16.2 Å². The summed E-state index contributed by atoms with van der Waals surface area (Å²) in [5, 5.41) is 6.62.